The molecule has 0 aliphatic carbocycles. The number of aromatic nitrogens is 5. The molecule has 0 saturated heterocycles. The summed E-state index contributed by atoms with van der Waals surface area (Å²) < 4.78 is 29.1. The van der Waals surface area contributed by atoms with Crippen LogP contribution in [-0.2, 0) is 4.79 Å². The van der Waals surface area contributed by atoms with Gasteiger partial charge in [-0.15, -0.1) is 5.10 Å². The van der Waals surface area contributed by atoms with Crippen LogP contribution < -0.4 is 11.1 Å². The first-order valence-corrected chi connectivity index (χ1v) is 9.22. The number of amides is 1. The van der Waals surface area contributed by atoms with Crippen molar-refractivity contribution < 1.29 is 13.6 Å². The molecule has 0 aliphatic heterocycles. The third-order valence-corrected chi connectivity index (χ3v) is 4.66. The predicted octanol–water partition coefficient (Wildman–Crippen LogP) is 3.52. The fourth-order valence-electron chi connectivity index (χ4n) is 3.16. The first kappa shape index (κ1) is 20.1. The molecule has 2 heterocycles. The van der Waals surface area contributed by atoms with E-state index in [0.29, 0.717) is 16.8 Å². The van der Waals surface area contributed by atoms with Crippen LogP contribution in [0.15, 0.2) is 48.7 Å². The van der Waals surface area contributed by atoms with Crippen molar-refractivity contribution >= 4 is 17.4 Å². The molecule has 2 aromatic carbocycles. The number of pyridine rings is 1. The molecule has 0 fully saturated rings. The molecule has 0 radical (unpaired) electrons. The minimum Gasteiger partial charge on any atom is -0.383 e. The first-order valence-electron chi connectivity index (χ1n) is 9.22. The second kappa shape index (κ2) is 7.90. The van der Waals surface area contributed by atoms with Crippen LogP contribution in [0.3, 0.4) is 0 Å². The normalized spacial score (nSPS) is 10.8. The molecule has 0 bridgehead atoms. The molecule has 4 aromatic rings. The van der Waals surface area contributed by atoms with E-state index in [4.69, 9.17) is 5.73 Å². The van der Waals surface area contributed by atoms with Gasteiger partial charge in [-0.1, -0.05) is 12.1 Å². The number of halogens is 2. The van der Waals surface area contributed by atoms with E-state index in [2.05, 4.69) is 25.8 Å². The molecule has 2 aromatic heterocycles. The Labute approximate surface area is 175 Å². The fourth-order valence-corrected chi connectivity index (χ4v) is 3.16. The second-order valence-corrected chi connectivity index (χ2v) is 6.86. The van der Waals surface area contributed by atoms with Gasteiger partial charge < -0.3 is 11.1 Å². The number of nitrogens with two attached hydrogens (primary N) is 1. The molecule has 1 amide bonds. The van der Waals surface area contributed by atoms with E-state index in [9.17, 15) is 13.6 Å². The van der Waals surface area contributed by atoms with Crippen molar-refractivity contribution in [1.82, 2.24) is 25.2 Å². The van der Waals surface area contributed by atoms with Crippen LogP contribution in [0.2, 0.25) is 0 Å². The van der Waals surface area contributed by atoms with Gasteiger partial charge in [-0.3, -0.25) is 4.79 Å². The molecule has 0 aliphatic rings. The van der Waals surface area contributed by atoms with E-state index in [1.54, 1.807) is 30.5 Å². The Kier molecular flexibility index (Phi) is 5.12. The summed E-state index contributed by atoms with van der Waals surface area (Å²) in [5.41, 5.74) is 8.87. The summed E-state index contributed by atoms with van der Waals surface area (Å²) in [4.78, 5) is 15.6. The molecule has 156 valence electrons. The van der Waals surface area contributed by atoms with Gasteiger partial charge in [-0.05, 0) is 41.1 Å². The number of rotatable bonds is 4. The van der Waals surface area contributed by atoms with Gasteiger partial charge in [0.25, 0.3) is 0 Å². The zero-order chi connectivity index (χ0) is 22.1. The average molecular weight is 421 g/mol. The zero-order valence-corrected chi connectivity index (χ0v) is 16.6. The molecule has 10 heteroatoms. The van der Waals surface area contributed by atoms with Crippen molar-refractivity contribution in [2.24, 2.45) is 0 Å². The number of carbonyl (C=O) groups is 1. The van der Waals surface area contributed by atoms with Crippen LogP contribution in [0.4, 0.5) is 20.3 Å². The predicted molar refractivity (Wildman–Crippen MR) is 111 cm³/mol. The number of nitrogens with one attached hydrogen (secondary N) is 1. The summed E-state index contributed by atoms with van der Waals surface area (Å²) in [5, 5.41) is 14.3. The lowest BCUT2D eigenvalue weighted by molar-refractivity contribution is -0.114. The van der Waals surface area contributed by atoms with Crippen LogP contribution in [0.25, 0.3) is 28.2 Å². The highest BCUT2D eigenvalue weighted by Gasteiger charge is 2.19. The van der Waals surface area contributed by atoms with Gasteiger partial charge >= 0.3 is 0 Å². The molecule has 4 rings (SSSR count). The maximum atomic E-state index is 14.1. The summed E-state index contributed by atoms with van der Waals surface area (Å²) in [5.74, 6) is -1.34. The Morgan fingerprint density at radius 3 is 2.71 bits per heavy atom. The van der Waals surface area contributed by atoms with Gasteiger partial charge in [0.1, 0.15) is 17.5 Å². The minimum atomic E-state index is -0.755. The highest BCUT2D eigenvalue weighted by molar-refractivity contribution is 5.89. The summed E-state index contributed by atoms with van der Waals surface area (Å²) in [7, 11) is 0. The molecule has 8 nitrogen and oxygen atoms in total. The molecule has 0 saturated carbocycles. The number of anilines is 2. The van der Waals surface area contributed by atoms with Gasteiger partial charge in [0.15, 0.2) is 5.82 Å². The fraction of sp³-hybridized carbons (Fsp3) is 0.0952. The molecule has 3 N–H and O–H groups in total. The molecule has 0 unspecified atom stereocenters. The monoisotopic (exact) mass is 421 g/mol. The highest BCUT2D eigenvalue weighted by Crippen LogP contribution is 2.31. The van der Waals surface area contributed by atoms with Gasteiger partial charge in [0, 0.05) is 42.1 Å². The largest absolute Gasteiger partial charge is 0.383 e. The maximum absolute atomic E-state index is 14.1. The standard InChI is InChI=1S/C21H17F2N7O/c1-11-18(23)8-15(22)9-19(11)30-21(27-28-29-30)17-7-14(10-25-20(17)24)13-4-3-5-16(6-13)26-12(2)31/h3-10H,1-2H3,(H2,24,25)(H,26,31). The van der Waals surface area contributed by atoms with Gasteiger partial charge in [-0.2, -0.15) is 4.68 Å². The third-order valence-electron chi connectivity index (χ3n) is 4.66. The van der Waals surface area contributed by atoms with Gasteiger partial charge in [0.2, 0.25) is 5.91 Å². The molecular formula is C21H17F2N7O. The number of benzene rings is 2. The number of hydrogen-bond donors (Lipinski definition) is 2. The van der Waals surface area contributed by atoms with Crippen LogP contribution >= 0.6 is 0 Å². The lowest BCUT2D eigenvalue weighted by Crippen LogP contribution is -2.06. The Morgan fingerprint density at radius 2 is 1.94 bits per heavy atom. The molecule has 31 heavy (non-hydrogen) atoms. The first-order chi connectivity index (χ1) is 14.8. The zero-order valence-electron chi connectivity index (χ0n) is 16.6. The Balaban J connectivity index is 1.82. The molecule has 0 spiro atoms. The molecule has 0 atom stereocenters. The van der Waals surface area contributed by atoms with E-state index >= 15 is 0 Å². The van der Waals surface area contributed by atoms with Crippen molar-refractivity contribution in [1.29, 1.82) is 0 Å². The highest BCUT2D eigenvalue weighted by atomic mass is 19.1. The van der Waals surface area contributed by atoms with Crippen molar-refractivity contribution in [2.75, 3.05) is 11.1 Å². The molecular weight excluding hydrogens is 404 g/mol. The van der Waals surface area contributed by atoms with Crippen LogP contribution in [0, 0.1) is 18.6 Å². The number of nitrogen functional groups attached to an aromatic ring is 1. The Bertz CT molecular complexity index is 1300. The lowest BCUT2D eigenvalue weighted by Gasteiger charge is -2.11. The van der Waals surface area contributed by atoms with E-state index in [0.717, 1.165) is 17.7 Å². The van der Waals surface area contributed by atoms with Crippen LogP contribution in [0.1, 0.15) is 12.5 Å². The van der Waals surface area contributed by atoms with Crippen LogP contribution in [-0.4, -0.2) is 31.1 Å². The number of hydrogen-bond acceptors (Lipinski definition) is 6. The maximum Gasteiger partial charge on any atom is 0.221 e. The van der Waals surface area contributed by atoms with E-state index in [1.165, 1.54) is 18.5 Å². The minimum absolute atomic E-state index is 0.146. The SMILES string of the molecule is CC(=O)Nc1cccc(-c2cnc(N)c(-c3nnnn3-c3cc(F)cc(F)c3C)c2)c1. The smallest absolute Gasteiger partial charge is 0.221 e. The lowest BCUT2D eigenvalue weighted by atomic mass is 10.0. The van der Waals surface area contributed by atoms with E-state index < -0.39 is 11.6 Å². The van der Waals surface area contributed by atoms with Crippen molar-refractivity contribution in [3.63, 3.8) is 0 Å². The number of tetrazole rings is 1. The quantitative estimate of drug-likeness (QED) is 0.522. The Hall–Kier alpha value is -4.21. The van der Waals surface area contributed by atoms with Crippen molar-refractivity contribution in [3.05, 3.63) is 65.9 Å². The third kappa shape index (κ3) is 3.95. The number of carbonyl (C=O) groups excluding carboxylic acids is 1. The van der Waals surface area contributed by atoms with Crippen molar-refractivity contribution in [2.45, 2.75) is 13.8 Å². The Morgan fingerprint density at radius 1 is 1.13 bits per heavy atom. The second-order valence-electron chi connectivity index (χ2n) is 6.86. The van der Waals surface area contributed by atoms with Gasteiger partial charge in [-0.25, -0.2) is 13.8 Å². The average Bonchev–Trinajstić information content (AvgIpc) is 3.20. The topological polar surface area (TPSA) is 112 Å². The number of nitrogens with zero attached hydrogens (tertiary/aromatic N) is 5. The van der Waals surface area contributed by atoms with Crippen LogP contribution in [0.5, 0.6) is 0 Å². The van der Waals surface area contributed by atoms with E-state index in [1.807, 2.05) is 6.07 Å². The summed E-state index contributed by atoms with van der Waals surface area (Å²) in [6.07, 6.45) is 1.58. The van der Waals surface area contributed by atoms with E-state index in [-0.39, 0.29) is 28.8 Å². The van der Waals surface area contributed by atoms with Crippen molar-refractivity contribution in [3.8, 4) is 28.2 Å². The summed E-state index contributed by atoms with van der Waals surface area (Å²) in [6.45, 7) is 2.92. The van der Waals surface area contributed by atoms with Gasteiger partial charge in [0.05, 0.1) is 11.3 Å². The summed E-state index contributed by atoms with van der Waals surface area (Å²) in [6, 6.07) is 10.8. The summed E-state index contributed by atoms with van der Waals surface area (Å²) >= 11 is 0.